The van der Waals surface area contributed by atoms with Gasteiger partial charge in [-0.05, 0) is 42.3 Å². The summed E-state index contributed by atoms with van der Waals surface area (Å²) in [6.07, 6.45) is 1.70. The molecule has 0 fully saturated rings. The van der Waals surface area contributed by atoms with Crippen LogP contribution in [0.15, 0.2) is 82.2 Å². The molecular formula is C21H19BrN2O2. The zero-order chi connectivity index (χ0) is 18.5. The lowest BCUT2D eigenvalue weighted by Gasteiger charge is -2.15. The minimum absolute atomic E-state index is 0.146. The molecule has 4 nitrogen and oxygen atoms in total. The summed E-state index contributed by atoms with van der Waals surface area (Å²) in [7, 11) is 0. The summed E-state index contributed by atoms with van der Waals surface area (Å²) in [6, 6.07) is 20.5. The van der Waals surface area contributed by atoms with Gasteiger partial charge >= 0.3 is 0 Å². The second-order valence-corrected chi connectivity index (χ2v) is 7.00. The van der Waals surface area contributed by atoms with Gasteiger partial charge in [0.1, 0.15) is 5.56 Å². The van der Waals surface area contributed by atoms with E-state index in [-0.39, 0.29) is 23.1 Å². The number of hydrogen-bond donors (Lipinski definition) is 1. The van der Waals surface area contributed by atoms with Crippen LogP contribution in [0.5, 0.6) is 0 Å². The Hall–Kier alpha value is -2.66. The molecule has 0 saturated heterocycles. The van der Waals surface area contributed by atoms with E-state index >= 15 is 0 Å². The van der Waals surface area contributed by atoms with Gasteiger partial charge in [-0.1, -0.05) is 58.4 Å². The normalized spacial score (nSPS) is 11.8. The van der Waals surface area contributed by atoms with Gasteiger partial charge in [0, 0.05) is 10.7 Å². The van der Waals surface area contributed by atoms with Crippen molar-refractivity contribution in [3.8, 4) is 0 Å². The Kier molecular flexibility index (Phi) is 5.68. The number of carbonyl (C=O) groups is 1. The molecule has 0 aliphatic carbocycles. The summed E-state index contributed by atoms with van der Waals surface area (Å²) in [6.45, 7) is 2.33. The van der Waals surface area contributed by atoms with Crippen molar-refractivity contribution in [3.05, 3.63) is 104 Å². The van der Waals surface area contributed by atoms with Crippen LogP contribution in [0.4, 0.5) is 0 Å². The molecule has 1 heterocycles. The van der Waals surface area contributed by atoms with E-state index in [0.29, 0.717) is 6.54 Å². The molecule has 3 aromatic rings. The average molecular weight is 411 g/mol. The number of nitrogens with one attached hydrogen (secondary N) is 1. The lowest BCUT2D eigenvalue weighted by Crippen LogP contribution is -2.34. The molecule has 1 unspecified atom stereocenters. The van der Waals surface area contributed by atoms with E-state index in [4.69, 9.17) is 0 Å². The zero-order valence-electron chi connectivity index (χ0n) is 14.4. The first-order chi connectivity index (χ1) is 12.5. The van der Waals surface area contributed by atoms with Crippen molar-refractivity contribution < 1.29 is 4.79 Å². The van der Waals surface area contributed by atoms with Gasteiger partial charge in [0.15, 0.2) is 0 Å². The second-order valence-electron chi connectivity index (χ2n) is 6.09. The van der Waals surface area contributed by atoms with Gasteiger partial charge in [0.25, 0.3) is 11.5 Å². The highest BCUT2D eigenvalue weighted by atomic mass is 79.9. The highest BCUT2D eigenvalue weighted by Crippen LogP contribution is 2.16. The highest BCUT2D eigenvalue weighted by Gasteiger charge is 2.15. The maximum atomic E-state index is 12.7. The minimum Gasteiger partial charge on any atom is -0.345 e. The van der Waals surface area contributed by atoms with Crippen LogP contribution in [0.1, 0.15) is 34.5 Å². The van der Waals surface area contributed by atoms with E-state index in [2.05, 4.69) is 21.2 Å². The Morgan fingerprint density at radius 2 is 1.73 bits per heavy atom. The van der Waals surface area contributed by atoms with Crippen LogP contribution < -0.4 is 10.9 Å². The van der Waals surface area contributed by atoms with E-state index in [9.17, 15) is 9.59 Å². The lowest BCUT2D eigenvalue weighted by molar-refractivity contribution is 0.0937. The molecule has 0 saturated carbocycles. The number of aromatic nitrogens is 1. The molecule has 0 radical (unpaired) electrons. The Labute approximate surface area is 160 Å². The number of nitrogens with zero attached hydrogens (tertiary/aromatic N) is 1. The highest BCUT2D eigenvalue weighted by molar-refractivity contribution is 9.10. The smallest absolute Gasteiger partial charge is 0.263 e. The summed E-state index contributed by atoms with van der Waals surface area (Å²) >= 11 is 3.40. The van der Waals surface area contributed by atoms with Crippen molar-refractivity contribution >= 4 is 21.8 Å². The fraction of sp³-hybridized carbons (Fsp3) is 0.143. The van der Waals surface area contributed by atoms with Crippen molar-refractivity contribution in [1.82, 2.24) is 9.88 Å². The van der Waals surface area contributed by atoms with Crippen molar-refractivity contribution in [3.63, 3.8) is 0 Å². The van der Waals surface area contributed by atoms with E-state index in [0.717, 1.165) is 15.6 Å². The number of carbonyl (C=O) groups excluding carboxylic acids is 1. The number of rotatable bonds is 5. The maximum Gasteiger partial charge on any atom is 0.263 e. The lowest BCUT2D eigenvalue weighted by atomic mass is 10.1. The molecule has 2 aromatic carbocycles. The summed E-state index contributed by atoms with van der Waals surface area (Å²) in [4.78, 5) is 25.3. The molecule has 0 spiro atoms. The number of benzene rings is 2. The Balaban J connectivity index is 1.78. The fourth-order valence-electron chi connectivity index (χ4n) is 2.72. The summed E-state index contributed by atoms with van der Waals surface area (Å²) in [5, 5.41) is 2.90. The van der Waals surface area contributed by atoms with E-state index in [1.165, 1.54) is 0 Å². The van der Waals surface area contributed by atoms with Crippen LogP contribution in [0.2, 0.25) is 0 Å². The quantitative estimate of drug-likeness (QED) is 0.686. The molecule has 1 amide bonds. The van der Waals surface area contributed by atoms with Crippen LogP contribution in [0.25, 0.3) is 0 Å². The number of amides is 1. The monoisotopic (exact) mass is 410 g/mol. The predicted octanol–water partition coefficient (Wildman–Crippen LogP) is 4.15. The summed E-state index contributed by atoms with van der Waals surface area (Å²) in [5.41, 5.74) is 1.83. The van der Waals surface area contributed by atoms with Gasteiger partial charge in [-0.2, -0.15) is 0 Å². The molecule has 0 aliphatic rings. The molecule has 3 rings (SSSR count). The first kappa shape index (κ1) is 18.1. The number of halogens is 1. The van der Waals surface area contributed by atoms with E-state index < -0.39 is 0 Å². The van der Waals surface area contributed by atoms with Crippen LogP contribution in [-0.2, 0) is 6.54 Å². The molecule has 26 heavy (non-hydrogen) atoms. The standard InChI is InChI=1S/C21H19BrN2O2/c1-15(17-9-11-18(22)12-10-17)23-20(25)19-8-5-13-24(21(19)26)14-16-6-3-2-4-7-16/h2-13,15H,14H2,1H3,(H,23,25). The molecule has 132 valence electrons. The van der Waals surface area contributed by atoms with Gasteiger partial charge in [0.05, 0.1) is 12.6 Å². The molecule has 5 heteroatoms. The summed E-state index contributed by atoms with van der Waals surface area (Å²) in [5.74, 6) is -0.368. The van der Waals surface area contributed by atoms with Crippen molar-refractivity contribution in [2.75, 3.05) is 0 Å². The van der Waals surface area contributed by atoms with Gasteiger partial charge in [-0.3, -0.25) is 9.59 Å². The Morgan fingerprint density at radius 1 is 1.04 bits per heavy atom. The van der Waals surface area contributed by atoms with Crippen LogP contribution >= 0.6 is 15.9 Å². The molecule has 0 bridgehead atoms. The van der Waals surface area contributed by atoms with E-state index in [1.54, 1.807) is 22.9 Å². The predicted molar refractivity (Wildman–Crippen MR) is 106 cm³/mol. The first-order valence-electron chi connectivity index (χ1n) is 8.34. The van der Waals surface area contributed by atoms with Gasteiger partial charge < -0.3 is 9.88 Å². The maximum absolute atomic E-state index is 12.7. The van der Waals surface area contributed by atoms with Crippen LogP contribution in [-0.4, -0.2) is 10.5 Å². The Morgan fingerprint density at radius 3 is 2.42 bits per heavy atom. The third-order valence-corrected chi connectivity index (χ3v) is 4.71. The fourth-order valence-corrected chi connectivity index (χ4v) is 2.99. The van der Waals surface area contributed by atoms with Crippen LogP contribution in [0.3, 0.4) is 0 Å². The minimum atomic E-state index is -0.368. The van der Waals surface area contributed by atoms with Gasteiger partial charge in [-0.15, -0.1) is 0 Å². The van der Waals surface area contributed by atoms with Gasteiger partial charge in [-0.25, -0.2) is 0 Å². The van der Waals surface area contributed by atoms with E-state index in [1.807, 2.05) is 61.5 Å². The molecule has 1 N–H and O–H groups in total. The second kappa shape index (κ2) is 8.15. The third-order valence-electron chi connectivity index (χ3n) is 4.18. The number of hydrogen-bond acceptors (Lipinski definition) is 2. The zero-order valence-corrected chi connectivity index (χ0v) is 15.9. The van der Waals surface area contributed by atoms with Gasteiger partial charge in [0.2, 0.25) is 0 Å². The Bertz CT molecular complexity index is 950. The van der Waals surface area contributed by atoms with Crippen molar-refractivity contribution in [2.24, 2.45) is 0 Å². The topological polar surface area (TPSA) is 51.1 Å². The first-order valence-corrected chi connectivity index (χ1v) is 9.13. The molecule has 1 atom stereocenters. The average Bonchev–Trinajstić information content (AvgIpc) is 2.64. The molecule has 1 aromatic heterocycles. The summed E-state index contributed by atoms with van der Waals surface area (Å²) < 4.78 is 2.53. The van der Waals surface area contributed by atoms with Crippen LogP contribution in [0, 0.1) is 0 Å². The van der Waals surface area contributed by atoms with Crippen molar-refractivity contribution in [2.45, 2.75) is 19.5 Å². The molecule has 0 aliphatic heterocycles. The van der Waals surface area contributed by atoms with Crippen molar-refractivity contribution in [1.29, 1.82) is 0 Å². The number of pyridine rings is 1. The largest absolute Gasteiger partial charge is 0.345 e. The SMILES string of the molecule is CC(NC(=O)c1cccn(Cc2ccccc2)c1=O)c1ccc(Br)cc1. The third kappa shape index (κ3) is 4.29. The molecular weight excluding hydrogens is 392 g/mol.